The highest BCUT2D eigenvalue weighted by molar-refractivity contribution is 6.32. The van der Waals surface area contributed by atoms with Crippen molar-refractivity contribution in [3.8, 4) is 0 Å². The zero-order valence-corrected chi connectivity index (χ0v) is 9.76. The third kappa shape index (κ3) is 2.90. The molecular formula is C15H16O2. The molecule has 1 aliphatic carbocycles. The van der Waals surface area contributed by atoms with Crippen molar-refractivity contribution in [1.82, 2.24) is 0 Å². The fourth-order valence-electron chi connectivity index (χ4n) is 2.49. The van der Waals surface area contributed by atoms with Crippen LogP contribution in [0.5, 0.6) is 0 Å². The normalized spacial score (nSPS) is 17.1. The second kappa shape index (κ2) is 5.58. The molecule has 0 heterocycles. The zero-order chi connectivity index (χ0) is 12.1. The van der Waals surface area contributed by atoms with Gasteiger partial charge in [0.2, 0.25) is 5.78 Å². The van der Waals surface area contributed by atoms with Crippen LogP contribution in [0.3, 0.4) is 0 Å². The maximum absolute atomic E-state index is 11.3. The number of carbonyl (C=O) groups is 2. The molecular weight excluding hydrogens is 212 g/mol. The van der Waals surface area contributed by atoms with Gasteiger partial charge in [0.05, 0.1) is 0 Å². The Balaban J connectivity index is 2.33. The molecule has 2 heteroatoms. The summed E-state index contributed by atoms with van der Waals surface area (Å²) in [6.07, 6.45) is 6.56. The molecule has 0 spiro atoms. The summed E-state index contributed by atoms with van der Waals surface area (Å²) in [7, 11) is 0. The predicted molar refractivity (Wildman–Crippen MR) is 67.4 cm³/mol. The van der Waals surface area contributed by atoms with E-state index in [1.807, 2.05) is 30.3 Å². The average Bonchev–Trinajstić information content (AvgIpc) is 2.90. The van der Waals surface area contributed by atoms with E-state index in [-0.39, 0.29) is 0 Å². The second-order valence-electron chi connectivity index (χ2n) is 4.47. The summed E-state index contributed by atoms with van der Waals surface area (Å²) in [4.78, 5) is 21.8. The quantitative estimate of drug-likeness (QED) is 0.451. The van der Waals surface area contributed by atoms with E-state index >= 15 is 0 Å². The summed E-state index contributed by atoms with van der Waals surface area (Å²) < 4.78 is 0. The minimum atomic E-state index is -0.434. The number of rotatable bonds is 4. The summed E-state index contributed by atoms with van der Waals surface area (Å²) in [6.45, 7) is 0. The Bertz CT molecular complexity index is 425. The molecule has 1 aliphatic rings. The zero-order valence-electron chi connectivity index (χ0n) is 9.76. The van der Waals surface area contributed by atoms with E-state index in [1.165, 1.54) is 18.9 Å². The van der Waals surface area contributed by atoms with Crippen LogP contribution in [0.25, 0.3) is 5.57 Å². The first-order chi connectivity index (χ1) is 8.31. The Morgan fingerprint density at radius 2 is 1.76 bits per heavy atom. The largest absolute Gasteiger partial charge is 0.294 e. The first-order valence-electron chi connectivity index (χ1n) is 6.07. The van der Waals surface area contributed by atoms with Crippen molar-refractivity contribution in [2.24, 2.45) is 5.92 Å². The Morgan fingerprint density at radius 3 is 2.35 bits per heavy atom. The van der Waals surface area contributed by atoms with Gasteiger partial charge in [-0.3, -0.25) is 9.59 Å². The van der Waals surface area contributed by atoms with Gasteiger partial charge in [0.1, 0.15) is 0 Å². The summed E-state index contributed by atoms with van der Waals surface area (Å²) in [5.74, 6) is -0.00273. The number of ketones is 1. The number of hydrogen-bond acceptors (Lipinski definition) is 2. The first-order valence-corrected chi connectivity index (χ1v) is 6.07. The van der Waals surface area contributed by atoms with Gasteiger partial charge < -0.3 is 0 Å². The van der Waals surface area contributed by atoms with Crippen molar-refractivity contribution in [1.29, 1.82) is 0 Å². The first kappa shape index (κ1) is 11.8. The Morgan fingerprint density at radius 1 is 1.12 bits per heavy atom. The molecule has 0 amide bonds. The van der Waals surface area contributed by atoms with Crippen LogP contribution >= 0.6 is 0 Å². The smallest absolute Gasteiger partial charge is 0.218 e. The molecule has 88 valence electrons. The Labute approximate surface area is 101 Å². The summed E-state index contributed by atoms with van der Waals surface area (Å²) >= 11 is 0. The predicted octanol–water partition coefficient (Wildman–Crippen LogP) is 3.03. The van der Waals surface area contributed by atoms with Gasteiger partial charge in [-0.25, -0.2) is 0 Å². The summed E-state index contributed by atoms with van der Waals surface area (Å²) in [6, 6.07) is 9.88. The van der Waals surface area contributed by atoms with Crippen molar-refractivity contribution >= 4 is 17.6 Å². The molecule has 0 radical (unpaired) electrons. The van der Waals surface area contributed by atoms with Crippen LogP contribution in [0.1, 0.15) is 31.2 Å². The highest BCUT2D eigenvalue weighted by Crippen LogP contribution is 2.36. The van der Waals surface area contributed by atoms with E-state index in [4.69, 9.17) is 0 Å². The molecule has 1 fully saturated rings. The minimum Gasteiger partial charge on any atom is -0.294 e. The lowest BCUT2D eigenvalue weighted by Crippen LogP contribution is -2.03. The molecule has 17 heavy (non-hydrogen) atoms. The number of allylic oxidation sites excluding steroid dienone is 2. The molecule has 0 N–H and O–H groups in total. The second-order valence-corrected chi connectivity index (χ2v) is 4.47. The molecule has 1 saturated carbocycles. The van der Waals surface area contributed by atoms with E-state index in [2.05, 4.69) is 0 Å². The molecule has 1 aromatic carbocycles. The van der Waals surface area contributed by atoms with Gasteiger partial charge in [-0.2, -0.15) is 0 Å². The van der Waals surface area contributed by atoms with Crippen molar-refractivity contribution in [3.05, 3.63) is 42.0 Å². The molecule has 0 unspecified atom stereocenters. The standard InChI is InChI=1S/C15H16O2/c16-11-14(17)10-15(13-8-4-5-9-13)12-6-2-1-3-7-12/h1-3,6-7,10-11,13H,4-5,8-9H2. The third-order valence-corrected chi connectivity index (χ3v) is 3.32. The van der Waals surface area contributed by atoms with E-state index in [1.54, 1.807) is 0 Å². The van der Waals surface area contributed by atoms with Crippen LogP contribution in [-0.2, 0) is 9.59 Å². The van der Waals surface area contributed by atoms with Crippen LogP contribution in [-0.4, -0.2) is 12.1 Å². The average molecular weight is 228 g/mol. The molecule has 1 aromatic rings. The number of benzene rings is 1. The minimum absolute atomic E-state index is 0.387. The monoisotopic (exact) mass is 228 g/mol. The van der Waals surface area contributed by atoms with Gasteiger partial charge in [0.25, 0.3) is 0 Å². The molecule has 2 nitrogen and oxygen atoms in total. The molecule has 0 bridgehead atoms. The number of aldehydes is 1. The lowest BCUT2D eigenvalue weighted by Gasteiger charge is -2.14. The maximum Gasteiger partial charge on any atom is 0.218 e. The van der Waals surface area contributed by atoms with Crippen LogP contribution in [0.15, 0.2) is 36.4 Å². The Hall–Kier alpha value is -1.70. The number of carbonyl (C=O) groups excluding carboxylic acids is 2. The van der Waals surface area contributed by atoms with Crippen LogP contribution in [0.4, 0.5) is 0 Å². The topological polar surface area (TPSA) is 34.1 Å². The van der Waals surface area contributed by atoms with E-state index in [0.29, 0.717) is 12.2 Å². The molecule has 0 aliphatic heterocycles. The third-order valence-electron chi connectivity index (χ3n) is 3.32. The fraction of sp³-hybridized carbons (Fsp3) is 0.333. The fourth-order valence-corrected chi connectivity index (χ4v) is 2.49. The Kier molecular flexibility index (Phi) is 3.86. The highest BCUT2D eigenvalue weighted by Gasteiger charge is 2.21. The molecule has 0 aromatic heterocycles. The molecule has 2 rings (SSSR count). The summed E-state index contributed by atoms with van der Waals surface area (Å²) in [5.41, 5.74) is 2.09. The van der Waals surface area contributed by atoms with Gasteiger partial charge in [-0.1, -0.05) is 43.2 Å². The van der Waals surface area contributed by atoms with Gasteiger partial charge in [0.15, 0.2) is 6.29 Å². The SMILES string of the molecule is O=CC(=O)C=C(c1ccccc1)C1CCCC1. The van der Waals surface area contributed by atoms with Crippen LogP contribution < -0.4 is 0 Å². The van der Waals surface area contributed by atoms with Crippen molar-refractivity contribution in [2.45, 2.75) is 25.7 Å². The van der Waals surface area contributed by atoms with E-state index in [9.17, 15) is 9.59 Å². The molecule has 0 atom stereocenters. The van der Waals surface area contributed by atoms with Gasteiger partial charge >= 0.3 is 0 Å². The lowest BCUT2D eigenvalue weighted by atomic mass is 9.90. The van der Waals surface area contributed by atoms with Gasteiger partial charge in [-0.15, -0.1) is 0 Å². The highest BCUT2D eigenvalue weighted by atomic mass is 16.2. The molecule has 0 saturated heterocycles. The van der Waals surface area contributed by atoms with Gasteiger partial charge in [0, 0.05) is 0 Å². The maximum atomic E-state index is 11.3. The van der Waals surface area contributed by atoms with Gasteiger partial charge in [-0.05, 0) is 36.0 Å². The van der Waals surface area contributed by atoms with E-state index < -0.39 is 5.78 Å². The lowest BCUT2D eigenvalue weighted by molar-refractivity contribution is -0.126. The number of hydrogen-bond donors (Lipinski definition) is 0. The van der Waals surface area contributed by atoms with Crippen LogP contribution in [0, 0.1) is 5.92 Å². The summed E-state index contributed by atoms with van der Waals surface area (Å²) in [5, 5.41) is 0. The van der Waals surface area contributed by atoms with Crippen molar-refractivity contribution in [3.63, 3.8) is 0 Å². The van der Waals surface area contributed by atoms with Crippen molar-refractivity contribution < 1.29 is 9.59 Å². The van der Waals surface area contributed by atoms with E-state index in [0.717, 1.165) is 24.0 Å². The van der Waals surface area contributed by atoms with Crippen LogP contribution in [0.2, 0.25) is 0 Å². The van der Waals surface area contributed by atoms with Crippen molar-refractivity contribution in [2.75, 3.05) is 0 Å².